The van der Waals surface area contributed by atoms with E-state index in [-0.39, 0.29) is 16.9 Å². The van der Waals surface area contributed by atoms with Crippen molar-refractivity contribution >= 4 is 40.5 Å². The second kappa shape index (κ2) is 9.61. The van der Waals surface area contributed by atoms with E-state index in [0.717, 1.165) is 11.1 Å². The van der Waals surface area contributed by atoms with Crippen molar-refractivity contribution in [3.8, 4) is 0 Å². The van der Waals surface area contributed by atoms with E-state index in [1.54, 1.807) is 24.3 Å². The van der Waals surface area contributed by atoms with Crippen LogP contribution in [0.3, 0.4) is 0 Å². The number of thiocarbonyl (C=S) groups is 1. The van der Waals surface area contributed by atoms with E-state index >= 15 is 0 Å². The summed E-state index contributed by atoms with van der Waals surface area (Å²) in [7, 11) is 0. The Bertz CT molecular complexity index is 950. The van der Waals surface area contributed by atoms with Crippen molar-refractivity contribution in [2.75, 3.05) is 10.6 Å². The van der Waals surface area contributed by atoms with E-state index < -0.39 is 5.92 Å². The van der Waals surface area contributed by atoms with Crippen LogP contribution >= 0.6 is 12.2 Å². The summed E-state index contributed by atoms with van der Waals surface area (Å²) in [5.74, 6) is -0.765. The minimum absolute atomic E-state index is 0.114. The first-order valence-corrected chi connectivity index (χ1v) is 9.53. The highest BCUT2D eigenvalue weighted by molar-refractivity contribution is 7.80. The van der Waals surface area contributed by atoms with Crippen LogP contribution in [-0.2, 0) is 9.59 Å². The van der Waals surface area contributed by atoms with Crippen molar-refractivity contribution in [1.82, 2.24) is 5.32 Å². The van der Waals surface area contributed by atoms with Crippen LogP contribution in [0.5, 0.6) is 0 Å². The van der Waals surface area contributed by atoms with Crippen LogP contribution in [-0.4, -0.2) is 16.9 Å². The highest BCUT2D eigenvalue weighted by Gasteiger charge is 2.22. The van der Waals surface area contributed by atoms with Gasteiger partial charge in [0.15, 0.2) is 5.11 Å². The zero-order valence-corrected chi connectivity index (χ0v) is 16.7. The Labute approximate surface area is 175 Å². The van der Waals surface area contributed by atoms with Gasteiger partial charge in [0.25, 0.3) is 0 Å². The molecule has 0 fully saturated rings. The van der Waals surface area contributed by atoms with Crippen LogP contribution < -0.4 is 16.0 Å². The lowest BCUT2D eigenvalue weighted by molar-refractivity contribution is -0.118. The van der Waals surface area contributed by atoms with Crippen molar-refractivity contribution < 1.29 is 9.59 Å². The number of amides is 2. The molecule has 2 amide bonds. The summed E-state index contributed by atoms with van der Waals surface area (Å²) in [6, 6.07) is 26.5. The lowest BCUT2D eigenvalue weighted by Gasteiger charge is -2.18. The molecule has 0 aliphatic rings. The number of anilines is 2. The summed E-state index contributed by atoms with van der Waals surface area (Å²) in [6.07, 6.45) is 0. The maximum absolute atomic E-state index is 13.1. The van der Waals surface area contributed by atoms with Gasteiger partial charge in [-0.05, 0) is 47.6 Å². The SMILES string of the molecule is CC(=O)NC(=S)Nc1ccc(NC(=O)C(c2ccccc2)c2ccccc2)cc1. The topological polar surface area (TPSA) is 70.2 Å². The Balaban J connectivity index is 1.75. The maximum atomic E-state index is 13.1. The highest BCUT2D eigenvalue weighted by Crippen LogP contribution is 2.26. The second-order valence-corrected chi connectivity index (χ2v) is 6.86. The van der Waals surface area contributed by atoms with Crippen LogP contribution in [0.25, 0.3) is 0 Å². The molecule has 0 heterocycles. The molecular weight excluding hydrogens is 382 g/mol. The van der Waals surface area contributed by atoms with Crippen LogP contribution in [0.15, 0.2) is 84.9 Å². The molecule has 6 heteroatoms. The smallest absolute Gasteiger partial charge is 0.236 e. The van der Waals surface area contributed by atoms with Crippen molar-refractivity contribution in [2.24, 2.45) is 0 Å². The zero-order valence-electron chi connectivity index (χ0n) is 15.9. The molecular formula is C23H21N3O2S. The third-order valence-electron chi connectivity index (χ3n) is 4.23. The number of benzene rings is 3. The van der Waals surface area contributed by atoms with Gasteiger partial charge in [0.1, 0.15) is 0 Å². The van der Waals surface area contributed by atoms with E-state index in [1.807, 2.05) is 60.7 Å². The molecule has 0 saturated carbocycles. The molecule has 0 aromatic heterocycles. The van der Waals surface area contributed by atoms with Crippen molar-refractivity contribution in [1.29, 1.82) is 0 Å². The fraction of sp³-hybridized carbons (Fsp3) is 0.0870. The Morgan fingerprint density at radius 2 is 1.17 bits per heavy atom. The average Bonchev–Trinajstić information content (AvgIpc) is 2.71. The quantitative estimate of drug-likeness (QED) is 0.556. The predicted molar refractivity (Wildman–Crippen MR) is 120 cm³/mol. The molecule has 0 unspecified atom stereocenters. The van der Waals surface area contributed by atoms with Gasteiger partial charge in [-0.3, -0.25) is 9.59 Å². The second-order valence-electron chi connectivity index (χ2n) is 6.46. The molecule has 3 N–H and O–H groups in total. The average molecular weight is 404 g/mol. The summed E-state index contributed by atoms with van der Waals surface area (Å²) < 4.78 is 0. The number of rotatable bonds is 5. The van der Waals surface area contributed by atoms with E-state index in [2.05, 4.69) is 16.0 Å². The third-order valence-corrected chi connectivity index (χ3v) is 4.43. The number of nitrogens with one attached hydrogen (secondary N) is 3. The van der Waals surface area contributed by atoms with Crippen LogP contribution in [0, 0.1) is 0 Å². The number of hydrogen-bond donors (Lipinski definition) is 3. The molecule has 0 radical (unpaired) electrons. The first-order chi connectivity index (χ1) is 14.0. The highest BCUT2D eigenvalue weighted by atomic mass is 32.1. The van der Waals surface area contributed by atoms with Gasteiger partial charge in [0.2, 0.25) is 11.8 Å². The van der Waals surface area contributed by atoms with E-state index in [4.69, 9.17) is 12.2 Å². The van der Waals surface area contributed by atoms with E-state index in [0.29, 0.717) is 11.4 Å². The molecule has 146 valence electrons. The van der Waals surface area contributed by atoms with Gasteiger partial charge in [-0.25, -0.2) is 0 Å². The van der Waals surface area contributed by atoms with Gasteiger partial charge in [0.05, 0.1) is 5.92 Å². The summed E-state index contributed by atoms with van der Waals surface area (Å²) in [6.45, 7) is 1.39. The fourth-order valence-corrected chi connectivity index (χ4v) is 3.22. The van der Waals surface area contributed by atoms with Gasteiger partial charge < -0.3 is 16.0 Å². The third kappa shape index (κ3) is 5.73. The lowest BCUT2D eigenvalue weighted by atomic mass is 9.90. The van der Waals surface area contributed by atoms with E-state index in [9.17, 15) is 9.59 Å². The fourth-order valence-electron chi connectivity index (χ4n) is 2.96. The predicted octanol–water partition coefficient (Wildman–Crippen LogP) is 4.29. The number of hydrogen-bond acceptors (Lipinski definition) is 3. The number of carbonyl (C=O) groups is 2. The van der Waals surface area contributed by atoms with E-state index in [1.165, 1.54) is 6.92 Å². The van der Waals surface area contributed by atoms with Gasteiger partial charge >= 0.3 is 0 Å². The Morgan fingerprint density at radius 1 is 0.724 bits per heavy atom. The molecule has 3 aromatic rings. The lowest BCUT2D eigenvalue weighted by Crippen LogP contribution is -2.32. The molecule has 0 aliphatic carbocycles. The standard InChI is InChI=1S/C23H21N3O2S/c1-16(27)24-23(29)26-20-14-12-19(13-15-20)25-22(28)21(17-8-4-2-5-9-17)18-10-6-3-7-11-18/h2-15,21H,1H3,(H,25,28)(H2,24,26,27,29). The Hall–Kier alpha value is -3.51. The molecule has 3 aromatic carbocycles. The minimum atomic E-state index is -0.414. The first-order valence-electron chi connectivity index (χ1n) is 9.12. The first kappa shape index (κ1) is 20.2. The largest absolute Gasteiger partial charge is 0.332 e. The zero-order chi connectivity index (χ0) is 20.6. The van der Waals surface area contributed by atoms with Gasteiger partial charge in [-0.15, -0.1) is 0 Å². The molecule has 0 bridgehead atoms. The summed E-state index contributed by atoms with van der Waals surface area (Å²) in [5.41, 5.74) is 3.23. The molecule has 29 heavy (non-hydrogen) atoms. The number of carbonyl (C=O) groups excluding carboxylic acids is 2. The maximum Gasteiger partial charge on any atom is 0.236 e. The van der Waals surface area contributed by atoms with Gasteiger partial charge in [0, 0.05) is 18.3 Å². The van der Waals surface area contributed by atoms with Gasteiger partial charge in [-0.1, -0.05) is 60.7 Å². The van der Waals surface area contributed by atoms with Crippen LogP contribution in [0.1, 0.15) is 24.0 Å². The molecule has 0 atom stereocenters. The van der Waals surface area contributed by atoms with Crippen LogP contribution in [0.4, 0.5) is 11.4 Å². The minimum Gasteiger partial charge on any atom is -0.332 e. The summed E-state index contributed by atoms with van der Waals surface area (Å²) in [5, 5.41) is 8.62. The molecule has 5 nitrogen and oxygen atoms in total. The summed E-state index contributed by atoms with van der Waals surface area (Å²) in [4.78, 5) is 24.1. The molecule has 0 spiro atoms. The normalized spacial score (nSPS) is 10.3. The molecule has 3 rings (SSSR count). The van der Waals surface area contributed by atoms with Crippen LogP contribution in [0.2, 0.25) is 0 Å². The van der Waals surface area contributed by atoms with Crippen molar-refractivity contribution in [2.45, 2.75) is 12.8 Å². The monoisotopic (exact) mass is 403 g/mol. The summed E-state index contributed by atoms with van der Waals surface area (Å²) >= 11 is 5.04. The van der Waals surface area contributed by atoms with Gasteiger partial charge in [-0.2, -0.15) is 0 Å². The Morgan fingerprint density at radius 3 is 1.62 bits per heavy atom. The Kier molecular flexibility index (Phi) is 6.71. The van der Waals surface area contributed by atoms with Crippen molar-refractivity contribution in [3.05, 3.63) is 96.1 Å². The molecule has 0 aliphatic heterocycles. The molecule has 0 saturated heterocycles. The van der Waals surface area contributed by atoms with Crippen molar-refractivity contribution in [3.63, 3.8) is 0 Å².